The van der Waals surface area contributed by atoms with Crippen molar-refractivity contribution < 1.29 is 9.53 Å². The third-order valence-electron chi connectivity index (χ3n) is 5.80. The molecular weight excluding hydrogens is 392 g/mol. The Morgan fingerprint density at radius 3 is 2.52 bits per heavy atom. The van der Waals surface area contributed by atoms with Crippen LogP contribution in [0.2, 0.25) is 0 Å². The van der Waals surface area contributed by atoms with Gasteiger partial charge >= 0.3 is 0 Å². The van der Waals surface area contributed by atoms with Crippen LogP contribution >= 0.6 is 0 Å². The molecule has 31 heavy (non-hydrogen) atoms. The third kappa shape index (κ3) is 4.52. The normalized spacial score (nSPS) is 14.0. The molecule has 8 heteroatoms. The Morgan fingerprint density at radius 2 is 1.81 bits per heavy atom. The average Bonchev–Trinajstić information content (AvgIpc) is 3.11. The lowest BCUT2D eigenvalue weighted by molar-refractivity contribution is -0.131. The molecule has 1 aliphatic rings. The molecule has 1 fully saturated rings. The van der Waals surface area contributed by atoms with Gasteiger partial charge in [0, 0.05) is 56.8 Å². The fourth-order valence-electron chi connectivity index (χ4n) is 4.03. The van der Waals surface area contributed by atoms with Crippen molar-refractivity contribution in [2.45, 2.75) is 26.7 Å². The minimum absolute atomic E-state index is 0.182. The summed E-state index contributed by atoms with van der Waals surface area (Å²) in [4.78, 5) is 25.5. The lowest BCUT2D eigenvalue weighted by Crippen LogP contribution is -2.49. The van der Waals surface area contributed by atoms with E-state index in [9.17, 15) is 4.79 Å². The number of anilines is 1. The molecule has 4 rings (SSSR count). The van der Waals surface area contributed by atoms with E-state index < -0.39 is 0 Å². The SMILES string of the molecule is COc1cccc(-n2nc(C)c(CCC(=O)N3CCN(c4ncccn4)CC3)c2C)c1. The van der Waals surface area contributed by atoms with Gasteiger partial charge in [-0.25, -0.2) is 14.6 Å². The van der Waals surface area contributed by atoms with Gasteiger partial charge in [0.1, 0.15) is 5.75 Å². The summed E-state index contributed by atoms with van der Waals surface area (Å²) in [5, 5.41) is 4.71. The van der Waals surface area contributed by atoms with Gasteiger partial charge in [0.05, 0.1) is 18.5 Å². The summed E-state index contributed by atoms with van der Waals surface area (Å²) in [7, 11) is 1.66. The summed E-state index contributed by atoms with van der Waals surface area (Å²) in [6.07, 6.45) is 4.65. The maximum Gasteiger partial charge on any atom is 0.225 e. The predicted molar refractivity (Wildman–Crippen MR) is 119 cm³/mol. The smallest absolute Gasteiger partial charge is 0.225 e. The maximum absolute atomic E-state index is 12.8. The molecule has 2 aromatic heterocycles. The van der Waals surface area contributed by atoms with Crippen LogP contribution in [0.25, 0.3) is 5.69 Å². The standard InChI is InChI=1S/C23H28N6O2/c1-17-21(18(2)29(26-17)19-6-4-7-20(16-19)31-3)8-9-22(30)27-12-14-28(15-13-27)23-24-10-5-11-25-23/h4-7,10-11,16H,8-9,12-15H2,1-3H3. The Balaban J connectivity index is 1.37. The van der Waals surface area contributed by atoms with E-state index in [4.69, 9.17) is 9.84 Å². The van der Waals surface area contributed by atoms with Crippen molar-refractivity contribution in [1.29, 1.82) is 0 Å². The van der Waals surface area contributed by atoms with Gasteiger partial charge < -0.3 is 14.5 Å². The van der Waals surface area contributed by atoms with Gasteiger partial charge in [0.15, 0.2) is 0 Å². The van der Waals surface area contributed by atoms with E-state index in [0.717, 1.165) is 47.4 Å². The number of carbonyl (C=O) groups is 1. The van der Waals surface area contributed by atoms with Gasteiger partial charge in [-0.05, 0) is 44.0 Å². The van der Waals surface area contributed by atoms with Gasteiger partial charge in [-0.1, -0.05) is 6.07 Å². The number of benzene rings is 1. The highest BCUT2D eigenvalue weighted by Gasteiger charge is 2.23. The molecule has 0 spiro atoms. The van der Waals surface area contributed by atoms with E-state index in [-0.39, 0.29) is 5.91 Å². The summed E-state index contributed by atoms with van der Waals surface area (Å²) < 4.78 is 7.26. The number of aromatic nitrogens is 4. The highest BCUT2D eigenvalue weighted by molar-refractivity contribution is 5.76. The van der Waals surface area contributed by atoms with Crippen molar-refractivity contribution in [2.24, 2.45) is 0 Å². The summed E-state index contributed by atoms with van der Waals surface area (Å²) in [6.45, 7) is 6.94. The van der Waals surface area contributed by atoms with Crippen molar-refractivity contribution >= 4 is 11.9 Å². The summed E-state index contributed by atoms with van der Waals surface area (Å²) in [6, 6.07) is 9.65. The number of nitrogens with zero attached hydrogens (tertiary/aromatic N) is 6. The minimum Gasteiger partial charge on any atom is -0.497 e. The molecule has 8 nitrogen and oxygen atoms in total. The third-order valence-corrected chi connectivity index (χ3v) is 5.80. The first-order chi connectivity index (χ1) is 15.1. The highest BCUT2D eigenvalue weighted by Crippen LogP contribution is 2.22. The molecule has 1 saturated heterocycles. The number of rotatable bonds is 6. The van der Waals surface area contributed by atoms with Crippen LogP contribution in [-0.4, -0.2) is 63.8 Å². The van der Waals surface area contributed by atoms with Crippen LogP contribution < -0.4 is 9.64 Å². The number of hydrogen-bond donors (Lipinski definition) is 0. The molecular formula is C23H28N6O2. The first-order valence-electron chi connectivity index (χ1n) is 10.6. The van der Waals surface area contributed by atoms with Crippen molar-refractivity contribution in [3.8, 4) is 11.4 Å². The molecule has 0 unspecified atom stereocenters. The molecule has 0 saturated carbocycles. The Morgan fingerprint density at radius 1 is 1.06 bits per heavy atom. The molecule has 0 aliphatic carbocycles. The average molecular weight is 421 g/mol. The van der Waals surface area contributed by atoms with E-state index in [0.29, 0.717) is 25.9 Å². The van der Waals surface area contributed by atoms with Crippen molar-refractivity contribution in [2.75, 3.05) is 38.2 Å². The molecule has 0 bridgehead atoms. The minimum atomic E-state index is 0.182. The van der Waals surface area contributed by atoms with Crippen LogP contribution in [0, 0.1) is 13.8 Å². The van der Waals surface area contributed by atoms with Crippen LogP contribution in [0.1, 0.15) is 23.4 Å². The molecule has 3 aromatic rings. The zero-order chi connectivity index (χ0) is 21.8. The van der Waals surface area contributed by atoms with Crippen LogP contribution in [-0.2, 0) is 11.2 Å². The second-order valence-electron chi connectivity index (χ2n) is 7.68. The topological polar surface area (TPSA) is 76.4 Å². The lowest BCUT2D eigenvalue weighted by Gasteiger charge is -2.34. The number of ether oxygens (including phenoxy) is 1. The fraction of sp³-hybridized carbons (Fsp3) is 0.391. The molecule has 1 aromatic carbocycles. The van der Waals surface area contributed by atoms with E-state index in [1.54, 1.807) is 19.5 Å². The Kier molecular flexibility index (Phi) is 6.16. The first kappa shape index (κ1) is 20.8. The maximum atomic E-state index is 12.8. The molecule has 162 valence electrons. The van der Waals surface area contributed by atoms with Crippen LogP contribution in [0.3, 0.4) is 0 Å². The van der Waals surface area contributed by atoms with E-state index in [1.807, 2.05) is 46.8 Å². The van der Waals surface area contributed by atoms with Crippen LogP contribution in [0.15, 0.2) is 42.7 Å². The van der Waals surface area contributed by atoms with E-state index in [2.05, 4.69) is 21.8 Å². The number of piperazine rings is 1. The van der Waals surface area contributed by atoms with Gasteiger partial charge in [-0.2, -0.15) is 5.10 Å². The highest BCUT2D eigenvalue weighted by atomic mass is 16.5. The number of aryl methyl sites for hydroxylation is 1. The van der Waals surface area contributed by atoms with E-state index in [1.165, 1.54) is 0 Å². The molecule has 1 amide bonds. The quantitative estimate of drug-likeness (QED) is 0.610. The van der Waals surface area contributed by atoms with Gasteiger partial charge in [0.2, 0.25) is 11.9 Å². The Labute approximate surface area is 182 Å². The van der Waals surface area contributed by atoms with Crippen LogP contribution in [0.4, 0.5) is 5.95 Å². The number of methoxy groups -OCH3 is 1. The lowest BCUT2D eigenvalue weighted by atomic mass is 10.1. The van der Waals surface area contributed by atoms with Crippen LogP contribution in [0.5, 0.6) is 5.75 Å². The van der Waals surface area contributed by atoms with Gasteiger partial charge in [-0.3, -0.25) is 4.79 Å². The van der Waals surface area contributed by atoms with E-state index >= 15 is 0 Å². The number of carbonyl (C=O) groups excluding carboxylic acids is 1. The first-order valence-corrected chi connectivity index (χ1v) is 10.6. The molecule has 3 heterocycles. The fourth-order valence-corrected chi connectivity index (χ4v) is 4.03. The van der Waals surface area contributed by atoms with Crippen molar-refractivity contribution in [3.63, 3.8) is 0 Å². The van der Waals surface area contributed by atoms with Gasteiger partial charge in [0.25, 0.3) is 0 Å². The molecule has 0 N–H and O–H groups in total. The summed E-state index contributed by atoms with van der Waals surface area (Å²) in [5.74, 6) is 1.70. The molecule has 0 radical (unpaired) electrons. The summed E-state index contributed by atoms with van der Waals surface area (Å²) in [5.41, 5.74) is 4.10. The zero-order valence-corrected chi connectivity index (χ0v) is 18.3. The zero-order valence-electron chi connectivity index (χ0n) is 18.3. The number of hydrogen-bond acceptors (Lipinski definition) is 6. The largest absolute Gasteiger partial charge is 0.497 e. The predicted octanol–water partition coefficient (Wildman–Crippen LogP) is 2.57. The molecule has 1 aliphatic heterocycles. The number of amides is 1. The molecule has 0 atom stereocenters. The monoisotopic (exact) mass is 420 g/mol. The Hall–Kier alpha value is -3.42. The van der Waals surface area contributed by atoms with Crippen molar-refractivity contribution in [1.82, 2.24) is 24.6 Å². The second-order valence-corrected chi connectivity index (χ2v) is 7.68. The summed E-state index contributed by atoms with van der Waals surface area (Å²) >= 11 is 0. The second kappa shape index (κ2) is 9.16. The van der Waals surface area contributed by atoms with Crippen molar-refractivity contribution in [3.05, 3.63) is 59.7 Å². The van der Waals surface area contributed by atoms with Gasteiger partial charge in [-0.15, -0.1) is 0 Å². The Bertz CT molecular complexity index is 1040.